The number of rotatable bonds is 5. The van der Waals surface area contributed by atoms with Gasteiger partial charge in [-0.1, -0.05) is 54.6 Å². The highest BCUT2D eigenvalue weighted by molar-refractivity contribution is 7.87. The van der Waals surface area contributed by atoms with Crippen LogP contribution in [0.1, 0.15) is 10.4 Å². The standard InChI is InChI=1S/C19H15NO4S/c20-19(21)17-8-4-5-9-18(17)24-25(22,23)16-12-10-15(11-13-16)14-6-2-1-3-7-14/h1-13H,(H2,20,21). The van der Waals surface area contributed by atoms with Gasteiger partial charge >= 0.3 is 10.1 Å². The minimum Gasteiger partial charge on any atom is -0.378 e. The Hall–Kier alpha value is -3.12. The normalized spacial score (nSPS) is 11.0. The molecule has 0 unspecified atom stereocenters. The van der Waals surface area contributed by atoms with E-state index in [1.54, 1.807) is 24.3 Å². The summed E-state index contributed by atoms with van der Waals surface area (Å²) in [4.78, 5) is 11.4. The van der Waals surface area contributed by atoms with Gasteiger partial charge in [0, 0.05) is 0 Å². The molecule has 1 amide bonds. The Labute approximate surface area is 145 Å². The summed E-state index contributed by atoms with van der Waals surface area (Å²) in [6.45, 7) is 0. The first-order chi connectivity index (χ1) is 12.0. The minimum absolute atomic E-state index is 0.00646. The third kappa shape index (κ3) is 3.70. The summed E-state index contributed by atoms with van der Waals surface area (Å²) < 4.78 is 30.0. The zero-order valence-corrected chi connectivity index (χ0v) is 13.9. The highest BCUT2D eigenvalue weighted by Gasteiger charge is 2.20. The van der Waals surface area contributed by atoms with Crippen LogP contribution in [0.4, 0.5) is 0 Å². The van der Waals surface area contributed by atoms with Gasteiger partial charge in [-0.3, -0.25) is 4.79 Å². The molecule has 0 spiro atoms. The van der Waals surface area contributed by atoms with Crippen molar-refractivity contribution in [2.24, 2.45) is 5.73 Å². The quantitative estimate of drug-likeness (QED) is 0.714. The second kappa shape index (κ2) is 6.78. The van der Waals surface area contributed by atoms with Crippen molar-refractivity contribution in [3.8, 4) is 16.9 Å². The highest BCUT2D eigenvalue weighted by atomic mass is 32.2. The number of nitrogens with two attached hydrogens (primary N) is 1. The molecule has 0 fully saturated rings. The molecule has 0 atom stereocenters. The maximum Gasteiger partial charge on any atom is 0.339 e. The van der Waals surface area contributed by atoms with E-state index in [9.17, 15) is 13.2 Å². The van der Waals surface area contributed by atoms with E-state index in [1.807, 2.05) is 30.3 Å². The van der Waals surface area contributed by atoms with Crippen LogP contribution in [0.2, 0.25) is 0 Å². The number of carbonyl (C=O) groups is 1. The van der Waals surface area contributed by atoms with Crippen LogP contribution >= 0.6 is 0 Å². The van der Waals surface area contributed by atoms with Crippen LogP contribution in [0.5, 0.6) is 5.75 Å². The third-order valence-corrected chi connectivity index (χ3v) is 4.85. The monoisotopic (exact) mass is 353 g/mol. The first-order valence-electron chi connectivity index (χ1n) is 7.46. The molecule has 0 aliphatic rings. The van der Waals surface area contributed by atoms with Crippen LogP contribution in [0, 0.1) is 0 Å². The number of carbonyl (C=O) groups excluding carboxylic acids is 1. The second-order valence-electron chi connectivity index (χ2n) is 5.29. The Bertz CT molecular complexity index is 997. The molecule has 2 N–H and O–H groups in total. The molecular formula is C19H15NO4S. The molecule has 25 heavy (non-hydrogen) atoms. The molecule has 6 heteroatoms. The molecule has 126 valence electrons. The van der Waals surface area contributed by atoms with Crippen molar-refractivity contribution < 1.29 is 17.4 Å². The van der Waals surface area contributed by atoms with Crippen LogP contribution in [0.25, 0.3) is 11.1 Å². The van der Waals surface area contributed by atoms with E-state index < -0.39 is 16.0 Å². The number of primary amides is 1. The summed E-state index contributed by atoms with van der Waals surface area (Å²) in [7, 11) is -4.08. The number of benzene rings is 3. The van der Waals surface area contributed by atoms with Crippen molar-refractivity contribution in [1.82, 2.24) is 0 Å². The van der Waals surface area contributed by atoms with E-state index in [2.05, 4.69) is 0 Å². The molecule has 0 aliphatic carbocycles. The highest BCUT2D eigenvalue weighted by Crippen LogP contribution is 2.25. The Morgan fingerprint density at radius 2 is 1.32 bits per heavy atom. The van der Waals surface area contributed by atoms with Crippen molar-refractivity contribution in [1.29, 1.82) is 0 Å². The van der Waals surface area contributed by atoms with Crippen LogP contribution in [0.3, 0.4) is 0 Å². The summed E-state index contributed by atoms with van der Waals surface area (Å²) in [5, 5.41) is 0. The van der Waals surface area contributed by atoms with Gasteiger partial charge in [0.15, 0.2) is 5.75 Å². The zero-order chi connectivity index (χ0) is 17.9. The summed E-state index contributed by atoms with van der Waals surface area (Å²) in [6, 6.07) is 21.9. The molecule has 0 heterocycles. The fourth-order valence-electron chi connectivity index (χ4n) is 2.35. The Balaban J connectivity index is 1.90. The lowest BCUT2D eigenvalue weighted by Crippen LogP contribution is -2.16. The van der Waals surface area contributed by atoms with Gasteiger partial charge < -0.3 is 9.92 Å². The fourth-order valence-corrected chi connectivity index (χ4v) is 3.30. The van der Waals surface area contributed by atoms with E-state index in [0.717, 1.165) is 11.1 Å². The summed E-state index contributed by atoms with van der Waals surface area (Å²) in [6.07, 6.45) is 0. The van der Waals surface area contributed by atoms with Gasteiger partial charge in [0.1, 0.15) is 4.90 Å². The molecule has 0 saturated heterocycles. The molecule has 3 aromatic rings. The van der Waals surface area contributed by atoms with E-state index in [-0.39, 0.29) is 16.2 Å². The zero-order valence-electron chi connectivity index (χ0n) is 13.1. The van der Waals surface area contributed by atoms with E-state index >= 15 is 0 Å². The average Bonchev–Trinajstić information content (AvgIpc) is 2.62. The van der Waals surface area contributed by atoms with Gasteiger partial charge in [0.05, 0.1) is 5.56 Å². The molecule has 0 radical (unpaired) electrons. The Morgan fingerprint density at radius 1 is 0.760 bits per heavy atom. The molecular weight excluding hydrogens is 338 g/mol. The van der Waals surface area contributed by atoms with Crippen molar-refractivity contribution in [2.75, 3.05) is 0 Å². The number of para-hydroxylation sites is 1. The first-order valence-corrected chi connectivity index (χ1v) is 8.87. The van der Waals surface area contributed by atoms with Crippen LogP contribution in [-0.2, 0) is 10.1 Å². The van der Waals surface area contributed by atoms with Gasteiger partial charge in [-0.2, -0.15) is 8.42 Å². The van der Waals surface area contributed by atoms with Crippen molar-refractivity contribution >= 4 is 16.0 Å². The van der Waals surface area contributed by atoms with E-state index in [0.29, 0.717) is 0 Å². The lowest BCUT2D eigenvalue weighted by atomic mass is 10.1. The van der Waals surface area contributed by atoms with Gasteiger partial charge in [-0.15, -0.1) is 0 Å². The summed E-state index contributed by atoms with van der Waals surface area (Å²) >= 11 is 0. The minimum atomic E-state index is -4.08. The van der Waals surface area contributed by atoms with E-state index in [4.69, 9.17) is 9.92 Å². The van der Waals surface area contributed by atoms with Crippen LogP contribution in [0.15, 0.2) is 83.8 Å². The third-order valence-electron chi connectivity index (χ3n) is 3.60. The summed E-state index contributed by atoms with van der Waals surface area (Å²) in [5.41, 5.74) is 7.11. The van der Waals surface area contributed by atoms with Crippen LogP contribution in [-0.4, -0.2) is 14.3 Å². The van der Waals surface area contributed by atoms with Crippen molar-refractivity contribution in [2.45, 2.75) is 4.90 Å². The van der Waals surface area contributed by atoms with Gasteiger partial charge in [-0.05, 0) is 35.4 Å². The molecule has 0 bridgehead atoms. The number of hydrogen-bond donors (Lipinski definition) is 1. The summed E-state index contributed by atoms with van der Waals surface area (Å²) in [5.74, 6) is -0.854. The lowest BCUT2D eigenvalue weighted by molar-refractivity contribution is 0.0999. The molecule has 0 aromatic heterocycles. The molecule has 0 saturated carbocycles. The fraction of sp³-hybridized carbons (Fsp3) is 0. The predicted molar refractivity (Wildman–Crippen MR) is 94.7 cm³/mol. The van der Waals surface area contributed by atoms with Crippen molar-refractivity contribution in [3.63, 3.8) is 0 Å². The molecule has 3 aromatic carbocycles. The smallest absolute Gasteiger partial charge is 0.339 e. The topological polar surface area (TPSA) is 86.5 Å². The number of hydrogen-bond acceptors (Lipinski definition) is 4. The maximum absolute atomic E-state index is 12.4. The molecule has 5 nitrogen and oxygen atoms in total. The first kappa shape index (κ1) is 16.7. The maximum atomic E-state index is 12.4. The Kier molecular flexibility index (Phi) is 4.54. The van der Waals surface area contributed by atoms with Gasteiger partial charge in [-0.25, -0.2) is 0 Å². The predicted octanol–water partition coefficient (Wildman–Crippen LogP) is 3.22. The van der Waals surface area contributed by atoms with Crippen molar-refractivity contribution in [3.05, 3.63) is 84.4 Å². The van der Waals surface area contributed by atoms with Crippen LogP contribution < -0.4 is 9.92 Å². The second-order valence-corrected chi connectivity index (χ2v) is 6.83. The van der Waals surface area contributed by atoms with Gasteiger partial charge in [0.25, 0.3) is 5.91 Å². The average molecular weight is 353 g/mol. The van der Waals surface area contributed by atoms with Gasteiger partial charge in [0.2, 0.25) is 0 Å². The van der Waals surface area contributed by atoms with E-state index in [1.165, 1.54) is 24.3 Å². The Morgan fingerprint density at radius 3 is 1.96 bits per heavy atom. The molecule has 0 aliphatic heterocycles. The lowest BCUT2D eigenvalue weighted by Gasteiger charge is -2.10. The molecule has 3 rings (SSSR count). The largest absolute Gasteiger partial charge is 0.378 e. The number of amides is 1. The SMILES string of the molecule is NC(=O)c1ccccc1OS(=O)(=O)c1ccc(-c2ccccc2)cc1.